The van der Waals surface area contributed by atoms with Gasteiger partial charge in [0.2, 0.25) is 5.91 Å². The van der Waals surface area contributed by atoms with E-state index in [9.17, 15) is 4.79 Å². The monoisotopic (exact) mass is 272 g/mol. The Labute approximate surface area is 116 Å². The summed E-state index contributed by atoms with van der Waals surface area (Å²) in [6.07, 6.45) is 6.91. The lowest BCUT2D eigenvalue weighted by Crippen LogP contribution is -2.33. The normalized spacial score (nSPS) is 19.7. The molecule has 0 aromatic carbocycles. The molecule has 18 heavy (non-hydrogen) atoms. The van der Waals surface area contributed by atoms with Crippen molar-refractivity contribution in [3.05, 3.63) is 0 Å². The molecule has 0 aromatic heterocycles. The van der Waals surface area contributed by atoms with Crippen molar-refractivity contribution in [2.24, 2.45) is 5.92 Å². The van der Waals surface area contributed by atoms with Crippen molar-refractivity contribution in [2.45, 2.75) is 45.4 Å². The molecule has 1 aliphatic rings. The quantitative estimate of drug-likeness (QED) is 0.633. The molecule has 2 N–H and O–H groups in total. The first-order valence-electron chi connectivity index (χ1n) is 7.38. The number of carbonyl (C=O) groups excluding carboxylic acids is 1. The highest BCUT2D eigenvalue weighted by Crippen LogP contribution is 2.13. The Bertz CT molecular complexity index is 218. The van der Waals surface area contributed by atoms with Crippen molar-refractivity contribution >= 4 is 17.7 Å². The molecule has 1 saturated heterocycles. The van der Waals surface area contributed by atoms with Gasteiger partial charge in [-0.1, -0.05) is 13.3 Å². The molecule has 0 aromatic rings. The molecule has 0 bridgehead atoms. The Morgan fingerprint density at radius 1 is 1.44 bits per heavy atom. The number of nitrogens with one attached hydrogen (secondary N) is 2. The number of piperidine rings is 1. The van der Waals surface area contributed by atoms with Crippen molar-refractivity contribution in [2.75, 3.05) is 31.1 Å². The third kappa shape index (κ3) is 7.98. The molecular formula is C14H28N2OS. The van der Waals surface area contributed by atoms with Gasteiger partial charge in [-0.2, -0.15) is 11.8 Å². The zero-order valence-corrected chi connectivity index (χ0v) is 12.5. The Kier molecular flexibility index (Phi) is 9.40. The Balaban J connectivity index is 1.89. The number of thioether (sulfide) groups is 1. The summed E-state index contributed by atoms with van der Waals surface area (Å²) in [6.45, 7) is 5.35. The first kappa shape index (κ1) is 15.8. The van der Waals surface area contributed by atoms with Gasteiger partial charge in [0.05, 0.1) is 0 Å². The third-order valence-electron chi connectivity index (χ3n) is 3.39. The van der Waals surface area contributed by atoms with Gasteiger partial charge in [0, 0.05) is 18.7 Å². The van der Waals surface area contributed by atoms with Gasteiger partial charge in [0.25, 0.3) is 0 Å². The van der Waals surface area contributed by atoms with Crippen molar-refractivity contribution in [1.29, 1.82) is 0 Å². The Morgan fingerprint density at radius 3 is 3.06 bits per heavy atom. The summed E-state index contributed by atoms with van der Waals surface area (Å²) in [5.74, 6) is 3.15. The number of rotatable bonds is 9. The highest BCUT2D eigenvalue weighted by Gasteiger charge is 2.12. The van der Waals surface area contributed by atoms with Crippen molar-refractivity contribution in [1.82, 2.24) is 10.6 Å². The van der Waals surface area contributed by atoms with Crippen LogP contribution in [0, 0.1) is 5.92 Å². The second-order valence-electron chi connectivity index (χ2n) is 5.07. The number of carbonyl (C=O) groups is 1. The number of hydrogen-bond acceptors (Lipinski definition) is 3. The maximum Gasteiger partial charge on any atom is 0.220 e. The minimum absolute atomic E-state index is 0.225. The van der Waals surface area contributed by atoms with Crippen LogP contribution >= 0.6 is 11.8 Å². The Hall–Kier alpha value is -0.220. The molecule has 1 heterocycles. The second kappa shape index (κ2) is 10.7. The minimum atomic E-state index is 0.225. The molecule has 0 radical (unpaired) electrons. The third-order valence-corrected chi connectivity index (χ3v) is 4.46. The molecule has 1 amide bonds. The molecule has 3 nitrogen and oxygen atoms in total. The molecule has 0 saturated carbocycles. The molecule has 1 unspecified atom stereocenters. The van der Waals surface area contributed by atoms with Crippen LogP contribution in [0.15, 0.2) is 0 Å². The van der Waals surface area contributed by atoms with E-state index in [0.717, 1.165) is 37.7 Å². The smallest absolute Gasteiger partial charge is 0.220 e. The van der Waals surface area contributed by atoms with E-state index < -0.39 is 0 Å². The second-order valence-corrected chi connectivity index (χ2v) is 6.29. The van der Waals surface area contributed by atoms with Gasteiger partial charge in [-0.15, -0.1) is 0 Å². The summed E-state index contributed by atoms with van der Waals surface area (Å²) in [5, 5.41) is 6.45. The fourth-order valence-electron chi connectivity index (χ4n) is 2.19. The van der Waals surface area contributed by atoms with Crippen molar-refractivity contribution < 1.29 is 4.79 Å². The molecule has 1 fully saturated rings. The topological polar surface area (TPSA) is 41.1 Å². The largest absolute Gasteiger partial charge is 0.356 e. The van der Waals surface area contributed by atoms with Gasteiger partial charge in [-0.3, -0.25) is 4.79 Å². The fourth-order valence-corrected chi connectivity index (χ4v) is 3.21. The standard InChI is InChI=1S/C14H28N2OS/c1-2-3-10-18-11-7-14(17)16-9-6-13-5-4-8-15-12-13/h13,15H,2-12H2,1H3,(H,16,17). The molecule has 1 aliphatic heterocycles. The first-order chi connectivity index (χ1) is 8.83. The van der Waals surface area contributed by atoms with E-state index in [-0.39, 0.29) is 5.91 Å². The van der Waals surface area contributed by atoms with Crippen LogP contribution in [0.5, 0.6) is 0 Å². The van der Waals surface area contributed by atoms with Gasteiger partial charge in [0.1, 0.15) is 0 Å². The average Bonchev–Trinajstić information content (AvgIpc) is 2.40. The van der Waals surface area contributed by atoms with Crippen LogP contribution in [0.4, 0.5) is 0 Å². The molecule has 1 atom stereocenters. The summed E-state index contributed by atoms with van der Waals surface area (Å²) in [5.41, 5.74) is 0. The summed E-state index contributed by atoms with van der Waals surface area (Å²) in [6, 6.07) is 0. The number of hydrogen-bond donors (Lipinski definition) is 2. The highest BCUT2D eigenvalue weighted by atomic mass is 32.2. The van der Waals surface area contributed by atoms with E-state index >= 15 is 0 Å². The lowest BCUT2D eigenvalue weighted by molar-refractivity contribution is -0.120. The van der Waals surface area contributed by atoms with Gasteiger partial charge in [-0.05, 0) is 50.4 Å². The van der Waals surface area contributed by atoms with Crippen LogP contribution in [0.2, 0.25) is 0 Å². The number of unbranched alkanes of at least 4 members (excludes halogenated alkanes) is 1. The molecule has 0 spiro atoms. The van der Waals surface area contributed by atoms with E-state index in [1.165, 1.54) is 31.4 Å². The van der Waals surface area contributed by atoms with Crippen LogP contribution in [-0.4, -0.2) is 37.0 Å². The summed E-state index contributed by atoms with van der Waals surface area (Å²) >= 11 is 1.90. The van der Waals surface area contributed by atoms with Gasteiger partial charge in [0.15, 0.2) is 0 Å². The summed E-state index contributed by atoms with van der Waals surface area (Å²) in [7, 11) is 0. The highest BCUT2D eigenvalue weighted by molar-refractivity contribution is 7.99. The summed E-state index contributed by atoms with van der Waals surface area (Å²) in [4.78, 5) is 11.6. The van der Waals surface area contributed by atoms with Gasteiger partial charge < -0.3 is 10.6 Å². The zero-order chi connectivity index (χ0) is 13.1. The van der Waals surface area contributed by atoms with Gasteiger partial charge >= 0.3 is 0 Å². The number of amides is 1. The van der Waals surface area contributed by atoms with Crippen LogP contribution in [-0.2, 0) is 4.79 Å². The maximum atomic E-state index is 11.6. The van der Waals surface area contributed by atoms with E-state index in [4.69, 9.17) is 0 Å². The zero-order valence-electron chi connectivity index (χ0n) is 11.7. The lowest BCUT2D eigenvalue weighted by Gasteiger charge is -2.22. The molecular weight excluding hydrogens is 244 g/mol. The minimum Gasteiger partial charge on any atom is -0.356 e. The van der Waals surface area contributed by atoms with E-state index in [2.05, 4.69) is 17.6 Å². The maximum absolute atomic E-state index is 11.6. The summed E-state index contributed by atoms with van der Waals surface area (Å²) < 4.78 is 0. The average molecular weight is 272 g/mol. The van der Waals surface area contributed by atoms with Crippen LogP contribution in [0.3, 0.4) is 0 Å². The van der Waals surface area contributed by atoms with Crippen LogP contribution < -0.4 is 10.6 Å². The molecule has 1 rings (SSSR count). The molecule has 0 aliphatic carbocycles. The van der Waals surface area contributed by atoms with Crippen LogP contribution in [0.25, 0.3) is 0 Å². The van der Waals surface area contributed by atoms with E-state index in [0.29, 0.717) is 6.42 Å². The van der Waals surface area contributed by atoms with E-state index in [1.54, 1.807) is 0 Å². The SMILES string of the molecule is CCCCSCCC(=O)NCCC1CCCNC1. The first-order valence-corrected chi connectivity index (χ1v) is 8.53. The predicted molar refractivity (Wildman–Crippen MR) is 80.1 cm³/mol. The van der Waals surface area contributed by atoms with E-state index in [1.807, 2.05) is 11.8 Å². The molecule has 106 valence electrons. The predicted octanol–water partition coefficient (Wildman–Crippen LogP) is 2.42. The van der Waals surface area contributed by atoms with Crippen LogP contribution in [0.1, 0.15) is 45.4 Å². The van der Waals surface area contributed by atoms with Gasteiger partial charge in [-0.25, -0.2) is 0 Å². The van der Waals surface area contributed by atoms with Crippen molar-refractivity contribution in [3.63, 3.8) is 0 Å². The molecule has 4 heteroatoms. The fraction of sp³-hybridized carbons (Fsp3) is 0.929. The lowest BCUT2D eigenvalue weighted by atomic mass is 9.96. The Morgan fingerprint density at radius 2 is 2.33 bits per heavy atom. The van der Waals surface area contributed by atoms with Crippen molar-refractivity contribution in [3.8, 4) is 0 Å².